The van der Waals surface area contributed by atoms with Gasteiger partial charge < -0.3 is 10.2 Å². The maximum atomic E-state index is 12.4. The Morgan fingerprint density at radius 1 is 1.17 bits per heavy atom. The molecule has 2 rings (SSSR count). The number of nitrogens with one attached hydrogen (secondary N) is 1. The molecule has 2 aliphatic rings. The standard InChI is InChI=1S/C14H24N2O2/c1-4-12-14(18)16(10(3)13(17)15-12)11-7-5-9(2)6-8-11/h9-12H,4-8H2,1-3H3,(H,15,17). The summed E-state index contributed by atoms with van der Waals surface area (Å²) in [5.74, 6) is 0.872. The van der Waals surface area contributed by atoms with E-state index >= 15 is 0 Å². The number of carbonyl (C=O) groups is 2. The van der Waals surface area contributed by atoms with Crippen molar-refractivity contribution < 1.29 is 9.59 Å². The second-order valence-corrected chi connectivity index (χ2v) is 5.80. The van der Waals surface area contributed by atoms with Gasteiger partial charge in [-0.3, -0.25) is 9.59 Å². The highest BCUT2D eigenvalue weighted by Crippen LogP contribution is 2.30. The van der Waals surface area contributed by atoms with Gasteiger partial charge >= 0.3 is 0 Å². The molecule has 2 amide bonds. The quantitative estimate of drug-likeness (QED) is 0.813. The fourth-order valence-electron chi connectivity index (χ4n) is 3.14. The van der Waals surface area contributed by atoms with Crippen LogP contribution >= 0.6 is 0 Å². The van der Waals surface area contributed by atoms with Crippen molar-refractivity contribution in [1.29, 1.82) is 0 Å². The minimum Gasteiger partial charge on any atom is -0.343 e. The summed E-state index contributed by atoms with van der Waals surface area (Å²) in [5.41, 5.74) is 0. The SMILES string of the molecule is CCC1NC(=O)C(C)N(C2CCC(C)CC2)C1=O. The van der Waals surface area contributed by atoms with Crippen molar-refractivity contribution in [1.82, 2.24) is 10.2 Å². The Morgan fingerprint density at radius 2 is 1.78 bits per heavy atom. The van der Waals surface area contributed by atoms with Crippen LogP contribution in [-0.2, 0) is 9.59 Å². The molecule has 4 nitrogen and oxygen atoms in total. The first-order valence-electron chi connectivity index (χ1n) is 7.17. The summed E-state index contributed by atoms with van der Waals surface area (Å²) in [6.07, 6.45) is 5.10. The van der Waals surface area contributed by atoms with E-state index in [9.17, 15) is 9.59 Å². The summed E-state index contributed by atoms with van der Waals surface area (Å²) in [4.78, 5) is 26.2. The topological polar surface area (TPSA) is 49.4 Å². The fraction of sp³-hybridized carbons (Fsp3) is 0.857. The molecule has 2 atom stereocenters. The van der Waals surface area contributed by atoms with Crippen LogP contribution in [0.2, 0.25) is 0 Å². The minimum atomic E-state index is -0.312. The summed E-state index contributed by atoms with van der Waals surface area (Å²) in [6.45, 7) is 6.05. The second kappa shape index (κ2) is 5.29. The largest absolute Gasteiger partial charge is 0.343 e. The van der Waals surface area contributed by atoms with Gasteiger partial charge in [0.25, 0.3) is 0 Å². The molecule has 1 aliphatic carbocycles. The van der Waals surface area contributed by atoms with Crippen LogP contribution in [0.15, 0.2) is 0 Å². The molecular weight excluding hydrogens is 228 g/mol. The van der Waals surface area contributed by atoms with Gasteiger partial charge in [-0.25, -0.2) is 0 Å². The summed E-state index contributed by atoms with van der Waals surface area (Å²) >= 11 is 0. The lowest BCUT2D eigenvalue weighted by Crippen LogP contribution is -2.65. The van der Waals surface area contributed by atoms with E-state index in [-0.39, 0.29) is 29.9 Å². The zero-order chi connectivity index (χ0) is 13.3. The van der Waals surface area contributed by atoms with Crippen LogP contribution in [0.25, 0.3) is 0 Å². The van der Waals surface area contributed by atoms with E-state index in [1.807, 2.05) is 18.7 Å². The molecular formula is C14H24N2O2. The van der Waals surface area contributed by atoms with Gasteiger partial charge in [0.05, 0.1) is 0 Å². The molecule has 0 bridgehead atoms. The van der Waals surface area contributed by atoms with Crippen LogP contribution in [0, 0.1) is 5.92 Å². The highest BCUT2D eigenvalue weighted by Gasteiger charge is 2.41. The third-order valence-electron chi connectivity index (χ3n) is 4.45. The molecule has 2 fully saturated rings. The number of hydrogen-bond donors (Lipinski definition) is 1. The van der Waals surface area contributed by atoms with Gasteiger partial charge in [0.15, 0.2) is 0 Å². The van der Waals surface area contributed by atoms with E-state index in [4.69, 9.17) is 0 Å². The Labute approximate surface area is 109 Å². The molecule has 0 aromatic carbocycles. The van der Waals surface area contributed by atoms with E-state index in [1.165, 1.54) is 12.8 Å². The van der Waals surface area contributed by atoms with E-state index < -0.39 is 0 Å². The molecule has 1 aliphatic heterocycles. The third-order valence-corrected chi connectivity index (χ3v) is 4.45. The van der Waals surface area contributed by atoms with Gasteiger partial charge in [-0.2, -0.15) is 0 Å². The lowest BCUT2D eigenvalue weighted by atomic mass is 9.85. The normalized spacial score (nSPS) is 37.6. The van der Waals surface area contributed by atoms with Crippen molar-refractivity contribution in [3.05, 3.63) is 0 Å². The first-order chi connectivity index (χ1) is 8.54. The van der Waals surface area contributed by atoms with Crippen molar-refractivity contribution in [2.45, 2.75) is 71.0 Å². The van der Waals surface area contributed by atoms with Crippen molar-refractivity contribution in [2.24, 2.45) is 5.92 Å². The third kappa shape index (κ3) is 2.38. The maximum Gasteiger partial charge on any atom is 0.246 e. The van der Waals surface area contributed by atoms with E-state index in [1.54, 1.807) is 0 Å². The second-order valence-electron chi connectivity index (χ2n) is 5.80. The summed E-state index contributed by atoms with van der Waals surface area (Å²) in [7, 11) is 0. The molecule has 0 aromatic heterocycles. The number of carbonyl (C=O) groups excluding carboxylic acids is 2. The molecule has 0 radical (unpaired) electrons. The molecule has 18 heavy (non-hydrogen) atoms. The average molecular weight is 252 g/mol. The van der Waals surface area contributed by atoms with Crippen LogP contribution in [-0.4, -0.2) is 34.8 Å². The smallest absolute Gasteiger partial charge is 0.246 e. The van der Waals surface area contributed by atoms with Crippen molar-refractivity contribution in [3.8, 4) is 0 Å². The molecule has 1 heterocycles. The molecule has 1 saturated carbocycles. The number of nitrogens with zero attached hydrogens (tertiary/aromatic N) is 1. The van der Waals surface area contributed by atoms with Crippen LogP contribution in [0.1, 0.15) is 52.9 Å². The molecule has 4 heteroatoms. The predicted octanol–water partition coefficient (Wildman–Crippen LogP) is 1.69. The Hall–Kier alpha value is -1.06. The molecule has 0 aromatic rings. The van der Waals surface area contributed by atoms with Gasteiger partial charge in [-0.1, -0.05) is 13.8 Å². The summed E-state index contributed by atoms with van der Waals surface area (Å²) in [5, 5.41) is 2.81. The van der Waals surface area contributed by atoms with Crippen LogP contribution in [0.5, 0.6) is 0 Å². The van der Waals surface area contributed by atoms with Crippen molar-refractivity contribution in [2.75, 3.05) is 0 Å². The molecule has 1 N–H and O–H groups in total. The molecule has 1 saturated heterocycles. The summed E-state index contributed by atoms with van der Waals surface area (Å²) < 4.78 is 0. The monoisotopic (exact) mass is 252 g/mol. The van der Waals surface area contributed by atoms with E-state index in [0.29, 0.717) is 6.42 Å². The lowest BCUT2D eigenvalue weighted by Gasteiger charge is -2.44. The lowest BCUT2D eigenvalue weighted by molar-refractivity contribution is -0.152. The van der Waals surface area contributed by atoms with E-state index in [2.05, 4.69) is 12.2 Å². The number of piperazine rings is 1. The number of rotatable bonds is 2. The molecule has 102 valence electrons. The molecule has 0 spiro atoms. The zero-order valence-electron chi connectivity index (χ0n) is 11.6. The number of amides is 2. The minimum absolute atomic E-state index is 0.0000666. The zero-order valence-corrected chi connectivity index (χ0v) is 11.6. The first-order valence-corrected chi connectivity index (χ1v) is 7.17. The van der Waals surface area contributed by atoms with E-state index in [0.717, 1.165) is 18.8 Å². The fourth-order valence-corrected chi connectivity index (χ4v) is 3.14. The summed E-state index contributed by atoms with van der Waals surface area (Å²) in [6, 6.07) is -0.351. The van der Waals surface area contributed by atoms with Gasteiger partial charge in [0.1, 0.15) is 12.1 Å². The first kappa shape index (κ1) is 13.4. The Morgan fingerprint density at radius 3 is 2.33 bits per heavy atom. The Balaban J connectivity index is 2.12. The van der Waals surface area contributed by atoms with Crippen LogP contribution in [0.3, 0.4) is 0 Å². The predicted molar refractivity (Wildman–Crippen MR) is 69.9 cm³/mol. The Kier molecular flexibility index (Phi) is 3.93. The van der Waals surface area contributed by atoms with Crippen LogP contribution < -0.4 is 5.32 Å². The van der Waals surface area contributed by atoms with Gasteiger partial charge in [0.2, 0.25) is 11.8 Å². The highest BCUT2D eigenvalue weighted by atomic mass is 16.2. The number of hydrogen-bond acceptors (Lipinski definition) is 2. The van der Waals surface area contributed by atoms with Gasteiger partial charge in [0, 0.05) is 6.04 Å². The van der Waals surface area contributed by atoms with Crippen molar-refractivity contribution >= 4 is 11.8 Å². The average Bonchev–Trinajstić information content (AvgIpc) is 2.36. The highest BCUT2D eigenvalue weighted by molar-refractivity contribution is 5.96. The van der Waals surface area contributed by atoms with Gasteiger partial charge in [-0.15, -0.1) is 0 Å². The van der Waals surface area contributed by atoms with Crippen LogP contribution in [0.4, 0.5) is 0 Å². The van der Waals surface area contributed by atoms with Gasteiger partial charge in [-0.05, 0) is 44.9 Å². The maximum absolute atomic E-state index is 12.4. The Bertz CT molecular complexity index is 335. The van der Waals surface area contributed by atoms with Crippen molar-refractivity contribution in [3.63, 3.8) is 0 Å². The molecule has 2 unspecified atom stereocenters.